The molecule has 0 N–H and O–H groups in total. The molecule has 52 valence electrons. The van der Waals surface area contributed by atoms with E-state index in [-0.39, 0.29) is 0 Å². The summed E-state index contributed by atoms with van der Waals surface area (Å²) in [5.74, 6) is 0.649. The molecule has 0 aromatic heterocycles. The van der Waals surface area contributed by atoms with Crippen molar-refractivity contribution < 1.29 is 9.16 Å². The molecule has 2 radical (unpaired) electrons. The molecule has 0 aromatic rings. The Labute approximate surface area is 58.8 Å². The van der Waals surface area contributed by atoms with Gasteiger partial charge in [-0.3, -0.25) is 0 Å². The predicted octanol–water partition coefficient (Wildman–Crippen LogP) is 1.57. The van der Waals surface area contributed by atoms with Crippen LogP contribution in [0.2, 0.25) is 6.55 Å². The molecule has 0 aromatic carbocycles. The molecule has 0 atom stereocenters. The van der Waals surface area contributed by atoms with Crippen molar-refractivity contribution in [3.8, 4) is 0 Å². The zero-order valence-electron chi connectivity index (χ0n) is 6.32. The van der Waals surface area contributed by atoms with Crippen molar-refractivity contribution in [1.82, 2.24) is 0 Å². The molecule has 0 aliphatic rings. The van der Waals surface area contributed by atoms with Crippen molar-refractivity contribution in [3.05, 3.63) is 11.5 Å². The Morgan fingerprint density at radius 2 is 1.89 bits per heavy atom. The highest BCUT2D eigenvalue weighted by atomic mass is 28.2. The van der Waals surface area contributed by atoms with Crippen LogP contribution in [0.1, 0.15) is 13.8 Å². The summed E-state index contributed by atoms with van der Waals surface area (Å²) >= 11 is 0. The Morgan fingerprint density at radius 1 is 1.33 bits per heavy atom. The van der Waals surface area contributed by atoms with Crippen molar-refractivity contribution in [2.75, 3.05) is 7.11 Å². The van der Waals surface area contributed by atoms with E-state index in [2.05, 4.69) is 0 Å². The molecule has 2 nitrogen and oxygen atoms in total. The van der Waals surface area contributed by atoms with E-state index in [0.29, 0.717) is 15.7 Å². The van der Waals surface area contributed by atoms with Crippen LogP contribution in [0.4, 0.5) is 0 Å². The van der Waals surface area contributed by atoms with E-state index in [1.54, 1.807) is 7.11 Å². The lowest BCUT2D eigenvalue weighted by Gasteiger charge is -2.06. The summed E-state index contributed by atoms with van der Waals surface area (Å²) < 4.78 is 10.1. The van der Waals surface area contributed by atoms with Crippen LogP contribution in [-0.4, -0.2) is 16.9 Å². The first-order valence-electron chi connectivity index (χ1n) is 2.77. The third-order valence-electron chi connectivity index (χ3n) is 0.788. The lowest BCUT2D eigenvalue weighted by molar-refractivity contribution is 0.151. The van der Waals surface area contributed by atoms with Gasteiger partial charge in [0.25, 0.3) is 5.95 Å². The average Bonchev–Trinajstić information content (AvgIpc) is 1.82. The first kappa shape index (κ1) is 8.56. The number of allylic oxidation sites excluding steroid dienone is 1. The van der Waals surface area contributed by atoms with Crippen molar-refractivity contribution >= 4 is 9.76 Å². The number of methoxy groups -OCH3 is 1. The highest BCUT2D eigenvalue weighted by Gasteiger charge is 1.96. The molecule has 3 heteroatoms. The topological polar surface area (TPSA) is 18.5 Å². The Balaban J connectivity index is 3.83. The molecule has 0 fully saturated rings. The van der Waals surface area contributed by atoms with E-state index < -0.39 is 0 Å². The van der Waals surface area contributed by atoms with Gasteiger partial charge in [0.05, 0.1) is 7.11 Å². The summed E-state index contributed by atoms with van der Waals surface area (Å²) in [7, 11) is 2.07. The fraction of sp³-hybridized carbons (Fsp3) is 0.667. The number of ether oxygens (including phenoxy) is 1. The fourth-order valence-corrected chi connectivity index (χ4v) is 0.913. The lowest BCUT2D eigenvalue weighted by Crippen LogP contribution is -1.98. The zero-order chi connectivity index (χ0) is 7.28. The minimum atomic E-state index is 0.455. The first-order chi connectivity index (χ1) is 4.22. The molecule has 0 saturated heterocycles. The number of hydrogen-bond donors (Lipinski definition) is 0. The normalized spacial score (nSPS) is 8.44. The van der Waals surface area contributed by atoms with Gasteiger partial charge in [0, 0.05) is 5.57 Å². The van der Waals surface area contributed by atoms with Gasteiger partial charge in [-0.1, -0.05) is 0 Å². The quantitative estimate of drug-likeness (QED) is 0.442. The highest BCUT2D eigenvalue weighted by molar-refractivity contribution is 6.25. The second-order valence-electron chi connectivity index (χ2n) is 1.80. The van der Waals surface area contributed by atoms with Gasteiger partial charge in [-0.25, -0.2) is 0 Å². The van der Waals surface area contributed by atoms with Gasteiger partial charge in [-0.05, 0) is 20.4 Å². The van der Waals surface area contributed by atoms with E-state index in [1.165, 1.54) is 0 Å². The van der Waals surface area contributed by atoms with E-state index >= 15 is 0 Å². The second-order valence-corrected chi connectivity index (χ2v) is 2.41. The van der Waals surface area contributed by atoms with Crippen LogP contribution in [0.25, 0.3) is 0 Å². The number of rotatable bonds is 3. The van der Waals surface area contributed by atoms with Gasteiger partial charge in [-0.15, -0.1) is 0 Å². The maximum Gasteiger partial charge on any atom is 0.311 e. The third-order valence-corrected chi connectivity index (χ3v) is 1.18. The van der Waals surface area contributed by atoms with Gasteiger partial charge in [0.1, 0.15) is 0 Å². The molecule has 0 unspecified atom stereocenters. The number of hydrogen-bond acceptors (Lipinski definition) is 2. The Hall–Kier alpha value is -0.443. The van der Waals surface area contributed by atoms with E-state index in [0.717, 1.165) is 5.57 Å². The standard InChI is InChI=1S/C6H12O2Si/c1-5(2)6(7-3)8-9-4/h1-4H3. The molecule has 0 rings (SSSR count). The maximum absolute atomic E-state index is 5.14. The lowest BCUT2D eigenvalue weighted by atomic mass is 10.4. The summed E-state index contributed by atoms with van der Waals surface area (Å²) in [4.78, 5) is 0. The summed E-state index contributed by atoms with van der Waals surface area (Å²) in [6.45, 7) is 5.87. The zero-order valence-corrected chi connectivity index (χ0v) is 7.32. The molecule has 0 amide bonds. The fourth-order valence-electron chi connectivity index (χ4n) is 0.441. The molecule has 0 aliphatic heterocycles. The van der Waals surface area contributed by atoms with Crippen LogP contribution in [0.15, 0.2) is 11.5 Å². The van der Waals surface area contributed by atoms with Crippen LogP contribution < -0.4 is 0 Å². The SMILES string of the molecule is COC(O[Si]C)=C(C)C. The Kier molecular flexibility index (Phi) is 4.22. The Bertz CT molecular complexity index is 106. The summed E-state index contributed by atoms with van der Waals surface area (Å²) in [5, 5.41) is 0. The first-order valence-corrected chi connectivity index (χ1v) is 4.18. The van der Waals surface area contributed by atoms with Crippen LogP contribution in [0.5, 0.6) is 0 Å². The predicted molar refractivity (Wildman–Crippen MR) is 38.1 cm³/mol. The van der Waals surface area contributed by atoms with Crippen molar-refractivity contribution in [3.63, 3.8) is 0 Å². The van der Waals surface area contributed by atoms with E-state index in [9.17, 15) is 0 Å². The van der Waals surface area contributed by atoms with Crippen LogP contribution in [-0.2, 0) is 9.16 Å². The molecular weight excluding hydrogens is 132 g/mol. The monoisotopic (exact) mass is 144 g/mol. The molecular formula is C6H12O2Si. The molecule has 0 spiro atoms. The smallest absolute Gasteiger partial charge is 0.311 e. The van der Waals surface area contributed by atoms with Crippen molar-refractivity contribution in [2.24, 2.45) is 0 Å². The summed E-state index contributed by atoms with van der Waals surface area (Å²) in [5.41, 5.74) is 1.08. The van der Waals surface area contributed by atoms with Gasteiger partial charge in [0.15, 0.2) is 0 Å². The third kappa shape index (κ3) is 3.19. The van der Waals surface area contributed by atoms with Gasteiger partial charge < -0.3 is 9.16 Å². The van der Waals surface area contributed by atoms with Crippen molar-refractivity contribution in [1.29, 1.82) is 0 Å². The molecule has 0 aliphatic carbocycles. The van der Waals surface area contributed by atoms with Crippen LogP contribution in [0.3, 0.4) is 0 Å². The minimum absolute atomic E-state index is 0.455. The van der Waals surface area contributed by atoms with Crippen LogP contribution >= 0.6 is 0 Å². The summed E-state index contributed by atoms with van der Waals surface area (Å²) in [6, 6.07) is 0. The van der Waals surface area contributed by atoms with E-state index in [4.69, 9.17) is 9.16 Å². The summed E-state index contributed by atoms with van der Waals surface area (Å²) in [6.07, 6.45) is 0. The highest BCUT2D eigenvalue weighted by Crippen LogP contribution is 2.03. The van der Waals surface area contributed by atoms with Crippen molar-refractivity contribution in [2.45, 2.75) is 20.4 Å². The molecule has 9 heavy (non-hydrogen) atoms. The van der Waals surface area contributed by atoms with Gasteiger partial charge in [0.2, 0.25) is 0 Å². The Morgan fingerprint density at radius 3 is 2.00 bits per heavy atom. The molecule has 0 saturated carbocycles. The average molecular weight is 144 g/mol. The molecule has 0 heterocycles. The minimum Gasteiger partial charge on any atom is -0.517 e. The second kappa shape index (κ2) is 4.44. The maximum atomic E-state index is 5.14. The molecule has 0 bridgehead atoms. The largest absolute Gasteiger partial charge is 0.517 e. The van der Waals surface area contributed by atoms with Gasteiger partial charge >= 0.3 is 9.76 Å². The van der Waals surface area contributed by atoms with Gasteiger partial charge in [-0.2, -0.15) is 0 Å². The van der Waals surface area contributed by atoms with E-state index in [1.807, 2.05) is 20.4 Å². The van der Waals surface area contributed by atoms with Crippen LogP contribution in [0, 0.1) is 0 Å².